The Kier molecular flexibility index (Phi) is 3.66. The number of hydrogen-bond donors (Lipinski definition) is 2. The number of para-hydroxylation sites is 1. The Morgan fingerprint density at radius 3 is 2.38 bits per heavy atom. The van der Waals surface area contributed by atoms with Crippen molar-refractivity contribution in [3.63, 3.8) is 0 Å². The van der Waals surface area contributed by atoms with Gasteiger partial charge in [-0.2, -0.15) is 0 Å². The van der Waals surface area contributed by atoms with Crippen LogP contribution in [-0.2, 0) is 6.54 Å². The summed E-state index contributed by atoms with van der Waals surface area (Å²) in [5.41, 5.74) is 1.96. The molecule has 2 rings (SSSR count). The molecule has 0 bridgehead atoms. The fourth-order valence-corrected chi connectivity index (χ4v) is 1.78. The molecule has 0 radical (unpaired) electrons. The Morgan fingerprint density at radius 2 is 1.69 bits per heavy atom. The van der Waals surface area contributed by atoms with Crippen LogP contribution in [0.15, 0.2) is 48.5 Å². The van der Waals surface area contributed by atoms with Gasteiger partial charge in [-0.15, -0.1) is 0 Å². The molecule has 2 aromatic rings. The highest BCUT2D eigenvalue weighted by Gasteiger charge is 1.98. The van der Waals surface area contributed by atoms with E-state index < -0.39 is 0 Å². The van der Waals surface area contributed by atoms with Crippen molar-refractivity contribution in [2.75, 3.05) is 5.32 Å². The molecule has 0 heterocycles. The van der Waals surface area contributed by atoms with Crippen molar-refractivity contribution in [2.45, 2.75) is 6.54 Å². The smallest absolute Gasteiger partial charge is 0.120 e. The van der Waals surface area contributed by atoms with Crippen LogP contribution < -0.4 is 5.32 Å². The number of hydrogen-bond acceptors (Lipinski definition) is 2. The van der Waals surface area contributed by atoms with Gasteiger partial charge in [-0.1, -0.05) is 18.2 Å². The van der Waals surface area contributed by atoms with Crippen molar-refractivity contribution in [1.29, 1.82) is 0 Å². The maximum atomic E-state index is 9.59. The molecule has 2 nitrogen and oxygen atoms in total. The van der Waals surface area contributed by atoms with Gasteiger partial charge in [0, 0.05) is 21.4 Å². The van der Waals surface area contributed by atoms with E-state index in [0.29, 0.717) is 12.3 Å². The molecule has 0 unspecified atom stereocenters. The summed E-state index contributed by atoms with van der Waals surface area (Å²) in [6.45, 7) is 0.632. The highest BCUT2D eigenvalue weighted by Crippen LogP contribution is 2.18. The Morgan fingerprint density at radius 1 is 1.00 bits per heavy atom. The molecule has 0 amide bonds. The monoisotopic (exact) mass is 325 g/mol. The van der Waals surface area contributed by atoms with Gasteiger partial charge in [-0.25, -0.2) is 0 Å². The van der Waals surface area contributed by atoms with Crippen molar-refractivity contribution < 1.29 is 5.11 Å². The van der Waals surface area contributed by atoms with E-state index in [1.54, 1.807) is 6.07 Å². The highest BCUT2D eigenvalue weighted by atomic mass is 127. The van der Waals surface area contributed by atoms with Gasteiger partial charge in [0.2, 0.25) is 0 Å². The van der Waals surface area contributed by atoms with Crippen LogP contribution in [0.5, 0.6) is 5.75 Å². The van der Waals surface area contributed by atoms with E-state index in [-0.39, 0.29) is 0 Å². The molecule has 16 heavy (non-hydrogen) atoms. The number of aromatic hydroxyl groups is 1. The summed E-state index contributed by atoms with van der Waals surface area (Å²) < 4.78 is 1.21. The van der Waals surface area contributed by atoms with Crippen LogP contribution in [0.4, 0.5) is 5.69 Å². The lowest BCUT2D eigenvalue weighted by Crippen LogP contribution is -1.99. The first-order valence-corrected chi connectivity index (χ1v) is 6.10. The van der Waals surface area contributed by atoms with E-state index >= 15 is 0 Å². The summed E-state index contributed by atoms with van der Waals surface area (Å²) in [6, 6.07) is 15.5. The average Bonchev–Trinajstić information content (AvgIpc) is 2.30. The van der Waals surface area contributed by atoms with Crippen molar-refractivity contribution in [3.05, 3.63) is 57.7 Å². The molecular formula is C13H12INO. The lowest BCUT2D eigenvalue weighted by molar-refractivity contribution is 0.469. The van der Waals surface area contributed by atoms with Crippen LogP contribution >= 0.6 is 22.6 Å². The lowest BCUT2D eigenvalue weighted by Gasteiger charge is -2.07. The lowest BCUT2D eigenvalue weighted by atomic mass is 10.2. The third kappa shape index (κ3) is 2.88. The van der Waals surface area contributed by atoms with Gasteiger partial charge in [0.05, 0.1) is 0 Å². The number of nitrogens with one attached hydrogen (secondary N) is 1. The number of phenolic OH excluding ortho intramolecular Hbond substituents is 1. The first kappa shape index (κ1) is 11.3. The Labute approximate surface area is 108 Å². The summed E-state index contributed by atoms with van der Waals surface area (Å²) in [5, 5.41) is 12.9. The third-order valence-electron chi connectivity index (χ3n) is 2.32. The molecule has 0 aromatic heterocycles. The normalized spacial score (nSPS) is 10.1. The third-order valence-corrected chi connectivity index (χ3v) is 3.04. The number of phenols is 1. The van der Waals surface area contributed by atoms with E-state index in [1.807, 2.05) is 42.5 Å². The van der Waals surface area contributed by atoms with Crippen LogP contribution in [0.3, 0.4) is 0 Å². The summed E-state index contributed by atoms with van der Waals surface area (Å²) in [5.74, 6) is 0.334. The fraction of sp³-hybridized carbons (Fsp3) is 0.0769. The molecule has 0 spiro atoms. The topological polar surface area (TPSA) is 32.3 Å². The first-order valence-electron chi connectivity index (χ1n) is 5.02. The van der Waals surface area contributed by atoms with Crippen LogP contribution in [0.2, 0.25) is 0 Å². The van der Waals surface area contributed by atoms with E-state index in [4.69, 9.17) is 0 Å². The Bertz CT molecular complexity index is 468. The van der Waals surface area contributed by atoms with Gasteiger partial charge in [0.1, 0.15) is 5.75 Å². The van der Waals surface area contributed by atoms with Crippen LogP contribution in [0.1, 0.15) is 5.56 Å². The largest absolute Gasteiger partial charge is 0.508 e. The summed E-state index contributed by atoms with van der Waals surface area (Å²) in [6.07, 6.45) is 0. The number of halogens is 1. The molecular weight excluding hydrogens is 313 g/mol. The van der Waals surface area contributed by atoms with Gasteiger partial charge < -0.3 is 10.4 Å². The van der Waals surface area contributed by atoms with Gasteiger partial charge in [-0.05, 0) is 52.9 Å². The van der Waals surface area contributed by atoms with Gasteiger partial charge in [-0.3, -0.25) is 0 Å². The SMILES string of the molecule is Oc1ccccc1CNc1ccc(I)cc1. The average molecular weight is 325 g/mol. The molecule has 0 saturated heterocycles. The van der Waals surface area contributed by atoms with Crippen molar-refractivity contribution >= 4 is 28.3 Å². The van der Waals surface area contributed by atoms with Crippen molar-refractivity contribution in [1.82, 2.24) is 0 Å². The van der Waals surface area contributed by atoms with Crippen molar-refractivity contribution in [3.8, 4) is 5.75 Å². The standard InChI is InChI=1S/C13H12INO/c14-11-5-7-12(8-6-11)15-9-10-3-1-2-4-13(10)16/h1-8,15-16H,9H2. The number of anilines is 1. The predicted molar refractivity (Wildman–Crippen MR) is 74.6 cm³/mol. The minimum Gasteiger partial charge on any atom is -0.508 e. The van der Waals surface area contributed by atoms with E-state index in [1.165, 1.54) is 3.57 Å². The van der Waals surface area contributed by atoms with Gasteiger partial charge in [0.25, 0.3) is 0 Å². The summed E-state index contributed by atoms with van der Waals surface area (Å²) in [7, 11) is 0. The van der Waals surface area contributed by atoms with E-state index in [9.17, 15) is 5.11 Å². The second-order valence-electron chi connectivity index (χ2n) is 3.49. The molecule has 2 N–H and O–H groups in total. The zero-order valence-electron chi connectivity index (χ0n) is 8.65. The second kappa shape index (κ2) is 5.21. The molecule has 0 saturated carbocycles. The summed E-state index contributed by atoms with van der Waals surface area (Å²) >= 11 is 2.27. The Hall–Kier alpha value is -1.23. The molecule has 3 heteroatoms. The Balaban J connectivity index is 2.02. The molecule has 0 aliphatic heterocycles. The number of benzene rings is 2. The zero-order chi connectivity index (χ0) is 11.4. The fourth-order valence-electron chi connectivity index (χ4n) is 1.43. The van der Waals surface area contributed by atoms with Gasteiger partial charge in [0.15, 0.2) is 0 Å². The molecule has 82 valence electrons. The first-order chi connectivity index (χ1) is 7.75. The zero-order valence-corrected chi connectivity index (χ0v) is 10.8. The minimum atomic E-state index is 0.334. The predicted octanol–water partition coefficient (Wildman–Crippen LogP) is 3.61. The molecule has 0 atom stereocenters. The van der Waals surface area contributed by atoms with Crippen LogP contribution in [0.25, 0.3) is 0 Å². The minimum absolute atomic E-state index is 0.334. The van der Waals surface area contributed by atoms with E-state index in [0.717, 1.165) is 11.3 Å². The maximum absolute atomic E-state index is 9.59. The maximum Gasteiger partial charge on any atom is 0.120 e. The van der Waals surface area contributed by atoms with Gasteiger partial charge >= 0.3 is 0 Å². The molecule has 0 fully saturated rings. The van der Waals surface area contributed by atoms with Crippen molar-refractivity contribution in [2.24, 2.45) is 0 Å². The molecule has 0 aliphatic rings. The molecule has 2 aromatic carbocycles. The number of rotatable bonds is 3. The molecule has 0 aliphatic carbocycles. The highest BCUT2D eigenvalue weighted by molar-refractivity contribution is 14.1. The van der Waals surface area contributed by atoms with E-state index in [2.05, 4.69) is 27.9 Å². The second-order valence-corrected chi connectivity index (χ2v) is 4.73. The summed E-state index contributed by atoms with van der Waals surface area (Å²) in [4.78, 5) is 0. The van der Waals surface area contributed by atoms with Crippen LogP contribution in [0, 0.1) is 3.57 Å². The van der Waals surface area contributed by atoms with Crippen LogP contribution in [-0.4, -0.2) is 5.11 Å². The quantitative estimate of drug-likeness (QED) is 0.845.